The molecule has 1 aliphatic rings. The van der Waals surface area contributed by atoms with Crippen LogP contribution < -0.4 is 0 Å². The van der Waals surface area contributed by atoms with Crippen LogP contribution in [0.25, 0.3) is 0 Å². The molecule has 0 bridgehead atoms. The topological polar surface area (TPSA) is 89.9 Å². The standard InChI is InChI=1S/C13H28O7Si/c1-16-21(17-2,18-3)5-4-11(6-13-10-20-13)8-19-9-12(15)7-14/h11-15H,4-10H2,1-3H3. The largest absolute Gasteiger partial charge is 0.500 e. The fourth-order valence-corrected chi connectivity index (χ4v) is 4.08. The van der Waals surface area contributed by atoms with Gasteiger partial charge in [-0.3, -0.25) is 0 Å². The zero-order chi connectivity index (χ0) is 15.7. The Hall–Kier alpha value is -0.0631. The number of hydrogen-bond donors (Lipinski definition) is 2. The minimum atomic E-state index is -2.56. The first-order chi connectivity index (χ1) is 10.1. The van der Waals surface area contributed by atoms with E-state index in [2.05, 4.69) is 0 Å². The van der Waals surface area contributed by atoms with Crippen molar-refractivity contribution in [2.24, 2.45) is 5.92 Å². The predicted octanol–water partition coefficient (Wildman–Crippen LogP) is 0.0295. The lowest BCUT2D eigenvalue weighted by atomic mass is 10.0. The van der Waals surface area contributed by atoms with E-state index in [0.717, 1.165) is 19.4 Å². The van der Waals surface area contributed by atoms with Gasteiger partial charge in [0.25, 0.3) is 0 Å². The fourth-order valence-electron chi connectivity index (χ4n) is 2.21. The molecule has 1 rings (SSSR count). The summed E-state index contributed by atoms with van der Waals surface area (Å²) in [6.45, 7) is 1.17. The average molecular weight is 324 g/mol. The summed E-state index contributed by atoms with van der Waals surface area (Å²) in [6, 6.07) is 0.708. The third kappa shape index (κ3) is 7.16. The number of rotatable bonds is 13. The van der Waals surface area contributed by atoms with E-state index >= 15 is 0 Å². The van der Waals surface area contributed by atoms with Crippen LogP contribution in [-0.4, -0.2) is 79.0 Å². The third-order valence-corrected chi connectivity index (χ3v) is 6.43. The molecule has 0 aromatic heterocycles. The highest BCUT2D eigenvalue weighted by molar-refractivity contribution is 6.60. The van der Waals surface area contributed by atoms with Crippen LogP contribution in [0.2, 0.25) is 6.04 Å². The lowest BCUT2D eigenvalue weighted by Gasteiger charge is -2.26. The minimum absolute atomic E-state index is 0.139. The molecule has 126 valence electrons. The molecule has 0 amide bonds. The van der Waals surface area contributed by atoms with Gasteiger partial charge in [-0.25, -0.2) is 0 Å². The van der Waals surface area contributed by atoms with Gasteiger partial charge in [-0.2, -0.15) is 0 Å². The third-order valence-electron chi connectivity index (χ3n) is 3.66. The maximum Gasteiger partial charge on any atom is 0.500 e. The number of aliphatic hydroxyl groups excluding tert-OH is 2. The number of aliphatic hydroxyl groups is 2. The average Bonchev–Trinajstić information content (AvgIpc) is 3.32. The molecule has 21 heavy (non-hydrogen) atoms. The number of epoxide rings is 1. The van der Waals surface area contributed by atoms with Gasteiger partial charge in [-0.15, -0.1) is 0 Å². The molecular formula is C13H28O7Si. The summed E-state index contributed by atoms with van der Waals surface area (Å²) in [6.07, 6.45) is 1.24. The van der Waals surface area contributed by atoms with Crippen molar-refractivity contribution >= 4 is 8.80 Å². The van der Waals surface area contributed by atoms with Crippen LogP contribution >= 0.6 is 0 Å². The number of hydrogen-bond acceptors (Lipinski definition) is 7. The van der Waals surface area contributed by atoms with Crippen molar-refractivity contribution in [1.29, 1.82) is 0 Å². The molecule has 1 saturated heterocycles. The van der Waals surface area contributed by atoms with Crippen LogP contribution in [0.1, 0.15) is 12.8 Å². The lowest BCUT2D eigenvalue weighted by molar-refractivity contribution is -0.00706. The Morgan fingerprint density at radius 2 is 1.81 bits per heavy atom. The minimum Gasteiger partial charge on any atom is -0.394 e. The fraction of sp³-hybridized carbons (Fsp3) is 1.00. The highest BCUT2D eigenvalue weighted by atomic mass is 28.4. The van der Waals surface area contributed by atoms with Crippen molar-refractivity contribution in [1.82, 2.24) is 0 Å². The van der Waals surface area contributed by atoms with Crippen molar-refractivity contribution in [3.8, 4) is 0 Å². The Balaban J connectivity index is 2.37. The van der Waals surface area contributed by atoms with Gasteiger partial charge in [-0.1, -0.05) is 0 Å². The molecule has 1 aliphatic heterocycles. The second kappa shape index (κ2) is 9.85. The summed E-state index contributed by atoms with van der Waals surface area (Å²) in [7, 11) is 2.25. The Morgan fingerprint density at radius 3 is 2.29 bits per heavy atom. The van der Waals surface area contributed by atoms with E-state index in [-0.39, 0.29) is 19.1 Å². The van der Waals surface area contributed by atoms with Gasteiger partial charge in [0.1, 0.15) is 6.10 Å². The highest BCUT2D eigenvalue weighted by Crippen LogP contribution is 2.26. The molecule has 7 nitrogen and oxygen atoms in total. The van der Waals surface area contributed by atoms with E-state index in [0.29, 0.717) is 18.8 Å². The zero-order valence-electron chi connectivity index (χ0n) is 13.1. The predicted molar refractivity (Wildman–Crippen MR) is 78.0 cm³/mol. The van der Waals surface area contributed by atoms with Crippen molar-refractivity contribution in [2.75, 3.05) is 47.8 Å². The Kier molecular flexibility index (Phi) is 8.91. The van der Waals surface area contributed by atoms with E-state index in [1.165, 1.54) is 0 Å². The second-order valence-corrected chi connectivity index (χ2v) is 8.36. The molecule has 2 N–H and O–H groups in total. The van der Waals surface area contributed by atoms with Crippen molar-refractivity contribution in [3.05, 3.63) is 0 Å². The SMILES string of the molecule is CO[Si](CCC(COCC(O)CO)CC1CO1)(OC)OC. The van der Waals surface area contributed by atoms with Crippen LogP contribution in [0.15, 0.2) is 0 Å². The summed E-state index contributed by atoms with van der Waals surface area (Å²) >= 11 is 0. The molecule has 3 atom stereocenters. The van der Waals surface area contributed by atoms with Crippen LogP contribution in [0.5, 0.6) is 0 Å². The van der Waals surface area contributed by atoms with Gasteiger partial charge in [0.05, 0.1) is 25.9 Å². The van der Waals surface area contributed by atoms with E-state index < -0.39 is 14.9 Å². The molecule has 0 aliphatic carbocycles. The molecular weight excluding hydrogens is 296 g/mol. The van der Waals surface area contributed by atoms with Crippen LogP contribution in [0.3, 0.4) is 0 Å². The second-order valence-electron chi connectivity index (χ2n) is 5.26. The highest BCUT2D eigenvalue weighted by Gasteiger charge is 2.38. The quantitative estimate of drug-likeness (QED) is 0.365. The molecule has 1 fully saturated rings. The van der Waals surface area contributed by atoms with E-state index in [1.54, 1.807) is 21.3 Å². The maximum atomic E-state index is 9.29. The molecule has 0 radical (unpaired) electrons. The zero-order valence-corrected chi connectivity index (χ0v) is 14.1. The smallest absolute Gasteiger partial charge is 0.394 e. The van der Waals surface area contributed by atoms with E-state index in [9.17, 15) is 5.11 Å². The van der Waals surface area contributed by atoms with Crippen molar-refractivity contribution < 1.29 is 33.0 Å². The lowest BCUT2D eigenvalue weighted by Crippen LogP contribution is -2.43. The molecule has 3 unspecified atom stereocenters. The van der Waals surface area contributed by atoms with Crippen molar-refractivity contribution in [3.63, 3.8) is 0 Å². The van der Waals surface area contributed by atoms with Crippen LogP contribution in [0, 0.1) is 5.92 Å². The van der Waals surface area contributed by atoms with E-state index in [4.69, 9.17) is 27.9 Å². The van der Waals surface area contributed by atoms with Gasteiger partial charge >= 0.3 is 8.80 Å². The molecule has 0 spiro atoms. The summed E-state index contributed by atoms with van der Waals surface area (Å²) < 4.78 is 27.0. The molecule has 0 aromatic rings. The normalized spacial score (nSPS) is 21.3. The molecule has 0 aromatic carbocycles. The van der Waals surface area contributed by atoms with Gasteiger partial charge in [0, 0.05) is 34.0 Å². The van der Waals surface area contributed by atoms with Gasteiger partial charge in [0.2, 0.25) is 0 Å². The molecule has 1 heterocycles. The first-order valence-corrected chi connectivity index (χ1v) is 9.16. The van der Waals surface area contributed by atoms with Gasteiger partial charge in [-0.05, 0) is 18.8 Å². The Labute approximate surface area is 127 Å². The Morgan fingerprint density at radius 1 is 1.19 bits per heavy atom. The Bertz CT molecular complexity index is 263. The van der Waals surface area contributed by atoms with E-state index in [1.807, 2.05) is 0 Å². The summed E-state index contributed by atoms with van der Waals surface area (Å²) in [5.41, 5.74) is 0. The van der Waals surface area contributed by atoms with Gasteiger partial charge in [0.15, 0.2) is 0 Å². The van der Waals surface area contributed by atoms with Crippen LogP contribution in [-0.2, 0) is 22.8 Å². The summed E-state index contributed by atoms with van der Waals surface area (Å²) in [5.74, 6) is 0.288. The molecule has 8 heteroatoms. The molecule has 0 saturated carbocycles. The summed E-state index contributed by atoms with van der Waals surface area (Å²) in [5, 5.41) is 18.1. The first kappa shape index (κ1) is 19.0. The monoisotopic (exact) mass is 324 g/mol. The number of ether oxygens (including phenoxy) is 2. The van der Waals surface area contributed by atoms with Gasteiger partial charge < -0.3 is 33.0 Å². The first-order valence-electron chi connectivity index (χ1n) is 7.22. The summed E-state index contributed by atoms with van der Waals surface area (Å²) in [4.78, 5) is 0. The van der Waals surface area contributed by atoms with Crippen LogP contribution in [0.4, 0.5) is 0 Å². The maximum absolute atomic E-state index is 9.29. The van der Waals surface area contributed by atoms with Crippen molar-refractivity contribution in [2.45, 2.75) is 31.1 Å².